The summed E-state index contributed by atoms with van der Waals surface area (Å²) in [5.74, 6) is -0.110. The molecule has 0 aliphatic carbocycles. The van der Waals surface area contributed by atoms with Crippen LogP contribution in [0, 0.1) is 6.92 Å². The molecule has 0 unspecified atom stereocenters. The number of rotatable bonds is 6. The van der Waals surface area contributed by atoms with Crippen LogP contribution in [0.25, 0.3) is 16.6 Å². The molecule has 0 aliphatic heterocycles. The lowest BCUT2D eigenvalue weighted by Crippen LogP contribution is -2.33. The quantitative estimate of drug-likeness (QED) is 0.513. The molecule has 0 aliphatic rings. The van der Waals surface area contributed by atoms with Crippen molar-refractivity contribution in [1.29, 1.82) is 0 Å². The standard InChI is InChI=1S/C20H20N6O2/c1-14-5-3-7-16-9-17(20-22-23-24-26(20)19(14)16)12-25(18(27)13-28-2)11-15-6-4-8-21-10-15/h3-10H,11-13H2,1-2H3. The number of aromatic nitrogens is 5. The number of hydrogen-bond donors (Lipinski definition) is 0. The maximum Gasteiger partial charge on any atom is 0.249 e. The Bertz CT molecular complexity index is 1130. The Morgan fingerprint density at radius 3 is 2.89 bits per heavy atom. The first-order chi connectivity index (χ1) is 13.7. The number of nitrogens with zero attached hydrogens (tertiary/aromatic N) is 6. The molecule has 142 valence electrons. The summed E-state index contributed by atoms with van der Waals surface area (Å²) in [5, 5.41) is 13.2. The van der Waals surface area contributed by atoms with Gasteiger partial charge in [0.05, 0.1) is 5.52 Å². The van der Waals surface area contributed by atoms with Crippen molar-refractivity contribution < 1.29 is 9.53 Å². The van der Waals surface area contributed by atoms with E-state index in [4.69, 9.17) is 4.74 Å². The summed E-state index contributed by atoms with van der Waals surface area (Å²) in [5.41, 5.74) is 4.51. The number of carbonyl (C=O) groups is 1. The van der Waals surface area contributed by atoms with Crippen LogP contribution in [-0.2, 0) is 22.6 Å². The Labute approximate surface area is 161 Å². The maximum absolute atomic E-state index is 12.7. The number of fused-ring (bicyclic) bond motifs is 3. The number of benzene rings is 1. The average Bonchev–Trinajstić information content (AvgIpc) is 3.18. The molecule has 0 atom stereocenters. The number of carbonyl (C=O) groups excluding carboxylic acids is 1. The van der Waals surface area contributed by atoms with Crippen LogP contribution in [0.3, 0.4) is 0 Å². The van der Waals surface area contributed by atoms with E-state index in [2.05, 4.69) is 20.5 Å². The van der Waals surface area contributed by atoms with E-state index in [1.807, 2.05) is 43.3 Å². The third-order valence-electron chi connectivity index (χ3n) is 4.65. The minimum Gasteiger partial charge on any atom is -0.375 e. The minimum atomic E-state index is -0.110. The summed E-state index contributed by atoms with van der Waals surface area (Å²) in [6.45, 7) is 2.83. The summed E-state index contributed by atoms with van der Waals surface area (Å²) in [6.07, 6.45) is 3.47. The molecule has 0 fully saturated rings. The van der Waals surface area contributed by atoms with E-state index >= 15 is 0 Å². The van der Waals surface area contributed by atoms with Gasteiger partial charge in [0.25, 0.3) is 0 Å². The molecule has 0 saturated heterocycles. The van der Waals surface area contributed by atoms with Crippen LogP contribution in [0.15, 0.2) is 48.8 Å². The highest BCUT2D eigenvalue weighted by atomic mass is 16.5. The van der Waals surface area contributed by atoms with Gasteiger partial charge in [0.1, 0.15) is 6.61 Å². The summed E-state index contributed by atoms with van der Waals surface area (Å²) in [6, 6.07) is 11.9. The zero-order valence-electron chi connectivity index (χ0n) is 15.7. The summed E-state index contributed by atoms with van der Waals surface area (Å²) in [7, 11) is 1.51. The molecule has 4 aromatic rings. The molecule has 0 radical (unpaired) electrons. The van der Waals surface area contributed by atoms with Crippen molar-refractivity contribution in [3.05, 3.63) is 65.5 Å². The van der Waals surface area contributed by atoms with Crippen LogP contribution >= 0.6 is 0 Å². The number of aryl methyl sites for hydroxylation is 1. The lowest BCUT2D eigenvalue weighted by Gasteiger charge is -2.23. The maximum atomic E-state index is 12.7. The van der Waals surface area contributed by atoms with Gasteiger partial charge in [-0.2, -0.15) is 4.52 Å². The van der Waals surface area contributed by atoms with Gasteiger partial charge in [0.15, 0.2) is 5.65 Å². The van der Waals surface area contributed by atoms with Crippen LogP contribution in [0.5, 0.6) is 0 Å². The molecular formula is C20H20N6O2. The monoisotopic (exact) mass is 376 g/mol. The highest BCUT2D eigenvalue weighted by Gasteiger charge is 2.19. The van der Waals surface area contributed by atoms with Crippen molar-refractivity contribution in [3.63, 3.8) is 0 Å². The molecule has 3 aromatic heterocycles. The van der Waals surface area contributed by atoms with Crippen molar-refractivity contribution in [2.24, 2.45) is 0 Å². The molecule has 0 spiro atoms. The predicted octanol–water partition coefficient (Wildman–Crippen LogP) is 2.16. The van der Waals surface area contributed by atoms with Crippen molar-refractivity contribution in [2.45, 2.75) is 20.0 Å². The predicted molar refractivity (Wildman–Crippen MR) is 103 cm³/mol. The second-order valence-electron chi connectivity index (χ2n) is 6.64. The molecule has 1 amide bonds. The second-order valence-corrected chi connectivity index (χ2v) is 6.64. The number of methoxy groups -OCH3 is 1. The van der Waals surface area contributed by atoms with Gasteiger partial charge >= 0.3 is 0 Å². The molecule has 1 aromatic carbocycles. The van der Waals surface area contributed by atoms with Gasteiger partial charge in [-0.05, 0) is 40.6 Å². The zero-order valence-corrected chi connectivity index (χ0v) is 15.7. The molecule has 0 saturated carbocycles. The number of pyridine rings is 2. The van der Waals surface area contributed by atoms with E-state index in [0.29, 0.717) is 18.7 Å². The van der Waals surface area contributed by atoms with Gasteiger partial charge in [-0.3, -0.25) is 9.78 Å². The number of ether oxygens (including phenoxy) is 1. The van der Waals surface area contributed by atoms with Crippen molar-refractivity contribution >= 4 is 22.5 Å². The highest BCUT2D eigenvalue weighted by Crippen LogP contribution is 2.23. The Morgan fingerprint density at radius 1 is 1.21 bits per heavy atom. The SMILES string of the molecule is COCC(=O)N(Cc1cccnc1)Cc1cc2cccc(C)c2n2nnnc12. The largest absolute Gasteiger partial charge is 0.375 e. The van der Waals surface area contributed by atoms with Gasteiger partial charge in [-0.25, -0.2) is 0 Å². The minimum absolute atomic E-state index is 0.00811. The summed E-state index contributed by atoms with van der Waals surface area (Å²) in [4.78, 5) is 18.5. The molecule has 3 heterocycles. The first kappa shape index (κ1) is 18.0. The number of hydrogen-bond acceptors (Lipinski definition) is 6. The number of amides is 1. The third-order valence-corrected chi connectivity index (χ3v) is 4.65. The van der Waals surface area contributed by atoms with Crippen LogP contribution in [0.1, 0.15) is 16.7 Å². The smallest absolute Gasteiger partial charge is 0.249 e. The van der Waals surface area contributed by atoms with E-state index in [9.17, 15) is 4.79 Å². The van der Waals surface area contributed by atoms with Crippen LogP contribution in [-0.4, -0.2) is 49.5 Å². The van der Waals surface area contributed by atoms with Gasteiger partial charge in [0, 0.05) is 43.5 Å². The third kappa shape index (κ3) is 3.41. The normalized spacial score (nSPS) is 11.2. The molecule has 8 heteroatoms. The molecule has 4 rings (SSSR count). The van der Waals surface area contributed by atoms with Crippen LogP contribution in [0.4, 0.5) is 0 Å². The van der Waals surface area contributed by atoms with E-state index in [1.165, 1.54) is 7.11 Å². The molecule has 8 nitrogen and oxygen atoms in total. The highest BCUT2D eigenvalue weighted by molar-refractivity contribution is 5.86. The lowest BCUT2D eigenvalue weighted by atomic mass is 10.1. The lowest BCUT2D eigenvalue weighted by molar-refractivity contribution is -0.136. The van der Waals surface area contributed by atoms with Crippen LogP contribution < -0.4 is 0 Å². The van der Waals surface area contributed by atoms with Crippen molar-refractivity contribution in [1.82, 2.24) is 29.9 Å². The number of tetrazole rings is 1. The van der Waals surface area contributed by atoms with Gasteiger partial charge < -0.3 is 9.64 Å². The second kappa shape index (κ2) is 7.69. The van der Waals surface area contributed by atoms with Gasteiger partial charge in [-0.15, -0.1) is 5.10 Å². The van der Waals surface area contributed by atoms with E-state index in [1.54, 1.807) is 21.8 Å². The molecule has 0 bridgehead atoms. The van der Waals surface area contributed by atoms with Crippen molar-refractivity contribution in [2.75, 3.05) is 13.7 Å². The molecule has 28 heavy (non-hydrogen) atoms. The van der Waals surface area contributed by atoms with E-state index in [0.717, 1.165) is 27.6 Å². The fourth-order valence-corrected chi connectivity index (χ4v) is 3.36. The van der Waals surface area contributed by atoms with Gasteiger partial charge in [-0.1, -0.05) is 24.3 Å². The van der Waals surface area contributed by atoms with Gasteiger partial charge in [0.2, 0.25) is 5.91 Å². The Balaban J connectivity index is 1.76. The molecular weight excluding hydrogens is 356 g/mol. The number of para-hydroxylation sites is 1. The fourth-order valence-electron chi connectivity index (χ4n) is 3.36. The Kier molecular flexibility index (Phi) is 4.94. The Hall–Kier alpha value is -3.39. The average molecular weight is 376 g/mol. The van der Waals surface area contributed by atoms with E-state index < -0.39 is 0 Å². The summed E-state index contributed by atoms with van der Waals surface area (Å²) < 4.78 is 6.81. The topological polar surface area (TPSA) is 85.5 Å². The zero-order chi connectivity index (χ0) is 19.5. The fraction of sp³-hybridized carbons (Fsp3) is 0.250. The molecule has 0 N–H and O–H groups in total. The Morgan fingerprint density at radius 2 is 2.11 bits per heavy atom. The van der Waals surface area contributed by atoms with Crippen molar-refractivity contribution in [3.8, 4) is 0 Å². The van der Waals surface area contributed by atoms with Crippen LogP contribution in [0.2, 0.25) is 0 Å². The first-order valence-corrected chi connectivity index (χ1v) is 8.92. The summed E-state index contributed by atoms with van der Waals surface area (Å²) >= 11 is 0. The first-order valence-electron chi connectivity index (χ1n) is 8.92. The van der Waals surface area contributed by atoms with E-state index in [-0.39, 0.29) is 12.5 Å².